The number of aromatic nitrogens is 3. The third kappa shape index (κ3) is 7.38. The number of hydrogen-bond donors (Lipinski definition) is 3. The van der Waals surface area contributed by atoms with Gasteiger partial charge in [0.25, 0.3) is 0 Å². The van der Waals surface area contributed by atoms with E-state index in [9.17, 15) is 0 Å². The van der Waals surface area contributed by atoms with Gasteiger partial charge in [-0.25, -0.2) is 4.39 Å². The fraction of sp³-hybridized carbons (Fsp3) is 0.438. The number of methoxy groups -OCH3 is 1. The first-order valence-corrected chi connectivity index (χ1v) is 16.6. The van der Waals surface area contributed by atoms with E-state index in [-0.39, 0.29) is 5.82 Å². The Morgan fingerprint density at radius 3 is 2.44 bits per heavy atom. The molecule has 2 aromatic carbocycles. The molecular weight excluding hydrogens is 594 g/mol. The number of aromatic amines is 1. The zero-order valence-electron chi connectivity index (χ0n) is 26.1. The molecule has 4 heterocycles. The average molecular weight is 637 g/mol. The molecule has 0 spiro atoms. The van der Waals surface area contributed by atoms with Crippen molar-refractivity contribution in [3.63, 3.8) is 0 Å². The zero-order valence-corrected chi connectivity index (χ0v) is 27.0. The molecule has 45 heavy (non-hydrogen) atoms. The summed E-state index contributed by atoms with van der Waals surface area (Å²) >= 11 is 0. The van der Waals surface area contributed by atoms with Crippen LogP contribution < -0.4 is 20.8 Å². The Morgan fingerprint density at radius 1 is 0.933 bits per heavy atom. The lowest BCUT2D eigenvalue weighted by atomic mass is 10.0. The van der Waals surface area contributed by atoms with E-state index in [0.717, 1.165) is 81.6 Å². The highest BCUT2D eigenvalue weighted by atomic mass is 31.2. The summed E-state index contributed by atoms with van der Waals surface area (Å²) < 4.78 is 31.8. The molecule has 13 heteroatoms. The van der Waals surface area contributed by atoms with Crippen LogP contribution in [0.4, 0.5) is 33.2 Å². The lowest BCUT2D eigenvalue weighted by Gasteiger charge is -2.43. The second-order valence-electron chi connectivity index (χ2n) is 11.3. The number of benzene rings is 2. The van der Waals surface area contributed by atoms with E-state index < -0.39 is 8.38 Å². The van der Waals surface area contributed by atoms with Crippen molar-refractivity contribution in [2.45, 2.75) is 18.9 Å². The lowest BCUT2D eigenvalue weighted by Crippen LogP contribution is -2.53. The summed E-state index contributed by atoms with van der Waals surface area (Å²) in [5, 5.41) is 8.36. The molecule has 0 aliphatic carbocycles. The summed E-state index contributed by atoms with van der Waals surface area (Å²) in [6.07, 6.45) is 3.90. The summed E-state index contributed by atoms with van der Waals surface area (Å²) in [4.78, 5) is 19.8. The quantitative estimate of drug-likeness (QED) is 0.183. The zero-order chi connectivity index (χ0) is 31.2. The van der Waals surface area contributed by atoms with E-state index in [1.807, 2.05) is 48.7 Å². The number of piperidine rings is 1. The molecule has 2 aliphatic rings. The predicted octanol–water partition coefficient (Wildman–Crippen LogP) is 5.05. The second kappa shape index (κ2) is 14.8. The number of ether oxygens (including phenoxy) is 1. The van der Waals surface area contributed by atoms with Crippen LogP contribution in [0.3, 0.4) is 0 Å². The third-order valence-corrected chi connectivity index (χ3v) is 10.1. The van der Waals surface area contributed by atoms with Crippen LogP contribution in [0.1, 0.15) is 12.8 Å². The molecule has 2 saturated heterocycles. The van der Waals surface area contributed by atoms with Crippen molar-refractivity contribution < 1.29 is 18.2 Å². The van der Waals surface area contributed by atoms with Gasteiger partial charge in [-0.3, -0.25) is 9.80 Å². The Labute approximate surface area is 265 Å². The predicted molar refractivity (Wildman–Crippen MR) is 179 cm³/mol. The number of fused-ring (bicyclic) bond motifs is 1. The highest BCUT2D eigenvalue weighted by Gasteiger charge is 2.28. The third-order valence-electron chi connectivity index (χ3n) is 8.65. The highest BCUT2D eigenvalue weighted by Crippen LogP contribution is 2.38. The molecule has 0 radical (unpaired) electrons. The van der Waals surface area contributed by atoms with E-state index in [1.54, 1.807) is 21.3 Å². The Morgan fingerprint density at radius 2 is 1.71 bits per heavy atom. The van der Waals surface area contributed by atoms with E-state index in [1.165, 1.54) is 6.07 Å². The van der Waals surface area contributed by atoms with Crippen LogP contribution in [-0.2, 0) is 13.8 Å². The van der Waals surface area contributed by atoms with E-state index in [4.69, 9.17) is 18.8 Å². The molecule has 0 bridgehead atoms. The number of anilines is 5. The van der Waals surface area contributed by atoms with E-state index >= 15 is 4.39 Å². The molecule has 6 rings (SSSR count). The summed E-state index contributed by atoms with van der Waals surface area (Å²) in [6.45, 7) is 7.81. The SMILES string of the molecule is COCCN1CCN(C2CCN(c3ccc(Nc4nc(Nc5ccccc5P(OC)OC)c5cc[nH]c5n4)cc3F)CC2)CC1. The number of H-pyrrole nitrogens is 1. The van der Waals surface area contributed by atoms with Gasteiger partial charge in [0, 0.05) is 85.1 Å². The highest BCUT2D eigenvalue weighted by molar-refractivity contribution is 7.56. The van der Waals surface area contributed by atoms with Gasteiger partial charge in [-0.2, -0.15) is 9.97 Å². The van der Waals surface area contributed by atoms with Crippen molar-refractivity contribution in [1.29, 1.82) is 0 Å². The number of rotatable bonds is 12. The smallest absolute Gasteiger partial charge is 0.231 e. The molecule has 0 saturated carbocycles. The Hall–Kier alpha value is -3.38. The van der Waals surface area contributed by atoms with Crippen molar-refractivity contribution in [3.05, 3.63) is 60.5 Å². The van der Waals surface area contributed by atoms with Gasteiger partial charge >= 0.3 is 0 Å². The summed E-state index contributed by atoms with van der Waals surface area (Å²) in [7, 11) is 3.76. The fourth-order valence-corrected chi connectivity index (χ4v) is 7.32. The van der Waals surface area contributed by atoms with Gasteiger partial charge in [0.05, 0.1) is 28.7 Å². The minimum Gasteiger partial charge on any atom is -0.383 e. The number of nitrogens with zero attached hydrogens (tertiary/aromatic N) is 5. The summed E-state index contributed by atoms with van der Waals surface area (Å²) in [6, 6.07) is 15.5. The number of nitrogens with one attached hydrogen (secondary N) is 3. The van der Waals surface area contributed by atoms with Crippen LogP contribution >= 0.6 is 8.38 Å². The Balaban J connectivity index is 1.11. The molecular formula is C32H42FN8O3P. The average Bonchev–Trinajstić information content (AvgIpc) is 3.55. The van der Waals surface area contributed by atoms with Crippen molar-refractivity contribution in [1.82, 2.24) is 24.8 Å². The second-order valence-corrected chi connectivity index (χ2v) is 13.0. The molecule has 0 unspecified atom stereocenters. The number of para-hydroxylation sites is 1. The van der Waals surface area contributed by atoms with Gasteiger partial charge in [0.15, 0.2) is 0 Å². The number of piperazine rings is 1. The first-order valence-electron chi connectivity index (χ1n) is 15.4. The molecule has 0 amide bonds. The summed E-state index contributed by atoms with van der Waals surface area (Å²) in [5.74, 6) is 0.696. The van der Waals surface area contributed by atoms with Crippen LogP contribution in [0.5, 0.6) is 0 Å². The van der Waals surface area contributed by atoms with Crippen molar-refractivity contribution in [2.24, 2.45) is 0 Å². The van der Waals surface area contributed by atoms with Crippen LogP contribution in [0, 0.1) is 5.82 Å². The molecule has 0 atom stereocenters. The monoisotopic (exact) mass is 636 g/mol. The standard InChI is InChI=1S/C32H42FN8O3P/c1-42-21-20-39-16-18-40(19-17-39)24-11-14-41(15-12-24)28-9-8-23(22-26(28)33)35-32-37-30-25(10-13-34-30)31(38-32)36-27-6-4-5-7-29(27)45(43-2)44-3/h4-10,13,22,24H,11-12,14-21H2,1-3H3,(H3,34,35,36,37,38). The number of halogens is 1. The first kappa shape index (κ1) is 31.6. The number of hydrogen-bond acceptors (Lipinski definition) is 10. The molecule has 240 valence electrons. The van der Waals surface area contributed by atoms with Crippen molar-refractivity contribution >= 4 is 53.5 Å². The largest absolute Gasteiger partial charge is 0.383 e. The molecule has 2 aliphatic heterocycles. The topological polar surface area (TPSA) is 103 Å². The molecule has 3 N–H and O–H groups in total. The van der Waals surface area contributed by atoms with Crippen LogP contribution in [-0.4, -0.2) is 105 Å². The van der Waals surface area contributed by atoms with E-state index in [0.29, 0.717) is 34.8 Å². The van der Waals surface area contributed by atoms with Gasteiger partial charge in [-0.1, -0.05) is 12.1 Å². The van der Waals surface area contributed by atoms with E-state index in [2.05, 4.69) is 35.3 Å². The minimum atomic E-state index is -1.25. The normalized spacial score (nSPS) is 17.0. The maximum atomic E-state index is 15.5. The minimum absolute atomic E-state index is 0.258. The maximum Gasteiger partial charge on any atom is 0.231 e. The van der Waals surface area contributed by atoms with Crippen LogP contribution in [0.2, 0.25) is 0 Å². The lowest BCUT2D eigenvalue weighted by molar-refractivity contribution is 0.0671. The van der Waals surface area contributed by atoms with Gasteiger partial charge in [-0.15, -0.1) is 0 Å². The fourth-order valence-electron chi connectivity index (χ4n) is 6.24. The van der Waals surface area contributed by atoms with Crippen LogP contribution in [0.25, 0.3) is 11.0 Å². The summed E-state index contributed by atoms with van der Waals surface area (Å²) in [5.41, 5.74) is 2.69. The van der Waals surface area contributed by atoms with Gasteiger partial charge in [-0.05, 0) is 49.2 Å². The van der Waals surface area contributed by atoms with Crippen molar-refractivity contribution in [3.8, 4) is 0 Å². The van der Waals surface area contributed by atoms with Gasteiger partial charge in [0.1, 0.15) is 17.3 Å². The van der Waals surface area contributed by atoms with Crippen LogP contribution in [0.15, 0.2) is 54.7 Å². The Bertz CT molecular complexity index is 1550. The Kier molecular flexibility index (Phi) is 10.4. The van der Waals surface area contributed by atoms with Gasteiger partial charge in [0.2, 0.25) is 14.3 Å². The molecule has 2 fully saturated rings. The molecule has 11 nitrogen and oxygen atoms in total. The van der Waals surface area contributed by atoms with Gasteiger partial charge < -0.3 is 34.3 Å². The molecule has 2 aromatic heterocycles. The molecule has 4 aromatic rings. The maximum absolute atomic E-state index is 15.5. The van der Waals surface area contributed by atoms with Crippen molar-refractivity contribution in [2.75, 3.05) is 89.3 Å². The first-order chi connectivity index (χ1) is 22.1.